The van der Waals surface area contributed by atoms with E-state index in [1.807, 2.05) is 23.1 Å². The quantitative estimate of drug-likeness (QED) is 0.543. The average Bonchev–Trinajstić information content (AvgIpc) is 2.93. The molecule has 2 saturated heterocycles. The largest absolute Gasteiger partial charge is 0.419 e. The molecule has 186 valence electrons. The molecule has 3 aromatic rings. The summed E-state index contributed by atoms with van der Waals surface area (Å²) in [5.41, 5.74) is 1.29. The Hall–Kier alpha value is -3.91. The molecule has 5 rings (SSSR count). The van der Waals surface area contributed by atoms with E-state index in [4.69, 9.17) is 14.7 Å². The third-order valence-electron chi connectivity index (χ3n) is 6.28. The number of hydrogen-bond acceptors (Lipinski definition) is 8. The molecule has 8 nitrogen and oxygen atoms in total. The van der Waals surface area contributed by atoms with Gasteiger partial charge in [0.15, 0.2) is 0 Å². The van der Waals surface area contributed by atoms with Crippen LogP contribution in [0.4, 0.5) is 30.8 Å². The summed E-state index contributed by atoms with van der Waals surface area (Å²) in [6.07, 6.45) is -3.09. The van der Waals surface area contributed by atoms with Gasteiger partial charge in [-0.25, -0.2) is 9.97 Å². The van der Waals surface area contributed by atoms with Crippen molar-refractivity contribution in [3.8, 4) is 17.3 Å². The topological polar surface area (TPSA) is 81.4 Å². The molecule has 0 amide bonds. The lowest BCUT2D eigenvalue weighted by Gasteiger charge is -2.37. The number of benzene rings is 1. The summed E-state index contributed by atoms with van der Waals surface area (Å²) >= 11 is 0. The van der Waals surface area contributed by atoms with E-state index in [9.17, 15) is 18.4 Å². The first kappa shape index (κ1) is 23.8. The van der Waals surface area contributed by atoms with E-state index < -0.39 is 11.7 Å². The predicted octanol–water partition coefficient (Wildman–Crippen LogP) is 3.59. The van der Waals surface area contributed by atoms with Gasteiger partial charge in [0.25, 0.3) is 0 Å². The molecule has 2 aliphatic rings. The second-order valence-corrected chi connectivity index (χ2v) is 8.55. The summed E-state index contributed by atoms with van der Waals surface area (Å²) in [5, 5.41) is 9.32. The van der Waals surface area contributed by atoms with Crippen molar-refractivity contribution in [3.05, 3.63) is 59.8 Å². The number of piperazine rings is 1. The van der Waals surface area contributed by atoms with Gasteiger partial charge in [-0.05, 0) is 24.3 Å². The van der Waals surface area contributed by atoms with E-state index in [2.05, 4.69) is 16.0 Å². The molecule has 4 heterocycles. The summed E-state index contributed by atoms with van der Waals surface area (Å²) < 4.78 is 46.0. The van der Waals surface area contributed by atoms with Crippen molar-refractivity contribution in [3.63, 3.8) is 0 Å². The van der Waals surface area contributed by atoms with Crippen LogP contribution in [0.15, 0.2) is 48.7 Å². The normalized spacial score (nSPS) is 16.7. The maximum Gasteiger partial charge on any atom is 0.419 e. The number of anilines is 3. The third-order valence-corrected chi connectivity index (χ3v) is 6.28. The van der Waals surface area contributed by atoms with Crippen LogP contribution in [0.25, 0.3) is 11.3 Å². The van der Waals surface area contributed by atoms with Crippen LogP contribution < -0.4 is 14.7 Å². The van der Waals surface area contributed by atoms with Crippen molar-refractivity contribution >= 4 is 17.6 Å². The van der Waals surface area contributed by atoms with Crippen LogP contribution in [0.2, 0.25) is 0 Å². The van der Waals surface area contributed by atoms with Gasteiger partial charge in [-0.15, -0.1) is 0 Å². The molecule has 2 aliphatic heterocycles. The Morgan fingerprint density at radius 1 is 0.861 bits per heavy atom. The lowest BCUT2D eigenvalue weighted by atomic mass is 10.1. The summed E-state index contributed by atoms with van der Waals surface area (Å²) in [6, 6.07) is 13.7. The van der Waals surface area contributed by atoms with Crippen LogP contribution in [0.3, 0.4) is 0 Å². The minimum Gasteiger partial charge on any atom is -0.378 e. The number of aromatic nitrogens is 3. The second-order valence-electron chi connectivity index (χ2n) is 8.55. The molecule has 0 spiro atoms. The minimum atomic E-state index is -4.47. The molecule has 0 unspecified atom stereocenters. The Bertz CT molecular complexity index is 1260. The fourth-order valence-corrected chi connectivity index (χ4v) is 4.40. The number of halogens is 3. The molecule has 2 aromatic heterocycles. The van der Waals surface area contributed by atoms with E-state index in [-0.39, 0.29) is 5.82 Å². The van der Waals surface area contributed by atoms with Crippen molar-refractivity contribution in [1.29, 1.82) is 5.26 Å². The van der Waals surface area contributed by atoms with Gasteiger partial charge in [-0.2, -0.15) is 23.4 Å². The highest BCUT2D eigenvalue weighted by molar-refractivity contribution is 5.67. The molecule has 0 aliphatic carbocycles. The van der Waals surface area contributed by atoms with Gasteiger partial charge in [0, 0.05) is 57.1 Å². The number of rotatable bonds is 4. The van der Waals surface area contributed by atoms with Crippen molar-refractivity contribution in [2.75, 3.05) is 67.2 Å². The first-order chi connectivity index (χ1) is 17.4. The van der Waals surface area contributed by atoms with Gasteiger partial charge in [0.1, 0.15) is 11.6 Å². The van der Waals surface area contributed by atoms with Crippen molar-refractivity contribution < 1.29 is 17.9 Å². The molecule has 0 saturated carbocycles. The highest BCUT2D eigenvalue weighted by Crippen LogP contribution is 2.35. The summed E-state index contributed by atoms with van der Waals surface area (Å²) in [5.74, 6) is 1.21. The third kappa shape index (κ3) is 5.04. The summed E-state index contributed by atoms with van der Waals surface area (Å²) in [6.45, 7) is 4.18. The number of morpholine rings is 1. The molecule has 0 radical (unpaired) electrons. The van der Waals surface area contributed by atoms with E-state index >= 15 is 0 Å². The maximum absolute atomic E-state index is 13.5. The van der Waals surface area contributed by atoms with Crippen LogP contribution in [0.1, 0.15) is 11.1 Å². The first-order valence-corrected chi connectivity index (χ1v) is 11.7. The smallest absolute Gasteiger partial charge is 0.378 e. The Morgan fingerprint density at radius 2 is 1.61 bits per heavy atom. The van der Waals surface area contributed by atoms with E-state index in [0.717, 1.165) is 17.4 Å². The highest BCUT2D eigenvalue weighted by atomic mass is 19.4. The van der Waals surface area contributed by atoms with Crippen LogP contribution >= 0.6 is 0 Å². The van der Waals surface area contributed by atoms with Gasteiger partial charge in [0.05, 0.1) is 36.1 Å². The van der Waals surface area contributed by atoms with Crippen molar-refractivity contribution in [1.82, 2.24) is 15.0 Å². The fraction of sp³-hybridized carbons (Fsp3) is 0.360. The Kier molecular flexibility index (Phi) is 6.61. The van der Waals surface area contributed by atoms with Crippen molar-refractivity contribution in [2.45, 2.75) is 6.18 Å². The lowest BCUT2D eigenvalue weighted by Crippen LogP contribution is -2.48. The Labute approximate surface area is 206 Å². The predicted molar refractivity (Wildman–Crippen MR) is 129 cm³/mol. The van der Waals surface area contributed by atoms with Gasteiger partial charge in [0.2, 0.25) is 5.95 Å². The summed E-state index contributed by atoms with van der Waals surface area (Å²) in [4.78, 5) is 19.4. The monoisotopic (exact) mass is 495 g/mol. The number of pyridine rings is 1. The second kappa shape index (κ2) is 9.99. The van der Waals surface area contributed by atoms with Crippen LogP contribution in [0.5, 0.6) is 0 Å². The van der Waals surface area contributed by atoms with Crippen LogP contribution in [-0.2, 0) is 10.9 Å². The molecule has 11 heteroatoms. The van der Waals surface area contributed by atoms with E-state index in [1.165, 1.54) is 12.3 Å². The minimum absolute atomic E-state index is 0.0540. The fourth-order valence-electron chi connectivity index (χ4n) is 4.40. The number of hydrogen-bond donors (Lipinski definition) is 0. The zero-order valence-electron chi connectivity index (χ0n) is 19.4. The SMILES string of the molecule is N#Cc1cccc(-c2cc(N3CCOCC3)nc(N3CCN(c4ncccc4C(F)(F)F)CC3)n2)c1. The summed E-state index contributed by atoms with van der Waals surface area (Å²) in [7, 11) is 0. The lowest BCUT2D eigenvalue weighted by molar-refractivity contribution is -0.137. The first-order valence-electron chi connectivity index (χ1n) is 11.7. The van der Waals surface area contributed by atoms with E-state index in [1.54, 1.807) is 17.0 Å². The molecule has 0 N–H and O–H groups in total. The van der Waals surface area contributed by atoms with Gasteiger partial charge >= 0.3 is 6.18 Å². The molecule has 36 heavy (non-hydrogen) atoms. The molecule has 2 fully saturated rings. The molecular weight excluding hydrogens is 471 g/mol. The highest BCUT2D eigenvalue weighted by Gasteiger charge is 2.36. The number of ether oxygens (including phenoxy) is 1. The van der Waals surface area contributed by atoms with Crippen LogP contribution in [0, 0.1) is 11.3 Å². The number of nitriles is 1. The maximum atomic E-state index is 13.5. The number of nitrogens with zero attached hydrogens (tertiary/aromatic N) is 7. The standard InChI is InChI=1S/C25H24F3N7O/c26-25(27,28)20-5-2-6-30-23(20)34-7-9-35(10-8-34)24-31-21(19-4-1-3-18(15-19)17-29)16-22(32-24)33-11-13-36-14-12-33/h1-6,15-16H,7-14H2. The molecule has 0 bridgehead atoms. The zero-order chi connectivity index (χ0) is 25.1. The van der Waals surface area contributed by atoms with E-state index in [0.29, 0.717) is 69.7 Å². The van der Waals surface area contributed by atoms with Crippen LogP contribution in [-0.4, -0.2) is 67.4 Å². The van der Waals surface area contributed by atoms with Gasteiger partial charge < -0.3 is 19.4 Å². The van der Waals surface area contributed by atoms with Crippen molar-refractivity contribution in [2.24, 2.45) is 0 Å². The van der Waals surface area contributed by atoms with Gasteiger partial charge in [-0.1, -0.05) is 12.1 Å². The zero-order valence-corrected chi connectivity index (χ0v) is 19.4. The van der Waals surface area contributed by atoms with Gasteiger partial charge in [-0.3, -0.25) is 0 Å². The number of alkyl halides is 3. The molecular formula is C25H24F3N7O. The molecule has 1 aromatic carbocycles. The molecule has 0 atom stereocenters. The average molecular weight is 496 g/mol. The Morgan fingerprint density at radius 3 is 2.33 bits per heavy atom. The Balaban J connectivity index is 1.43.